The van der Waals surface area contributed by atoms with Crippen molar-refractivity contribution < 1.29 is 13.2 Å². The van der Waals surface area contributed by atoms with E-state index in [0.29, 0.717) is 12.3 Å². The first kappa shape index (κ1) is 17.0. The van der Waals surface area contributed by atoms with Gasteiger partial charge in [-0.1, -0.05) is 30.3 Å². The Balaban J connectivity index is 1.68. The van der Waals surface area contributed by atoms with Crippen LogP contribution < -0.4 is 9.46 Å². The Kier molecular flexibility index (Phi) is 4.65. The van der Waals surface area contributed by atoms with Crippen molar-refractivity contribution in [1.82, 2.24) is 4.72 Å². The fourth-order valence-electron chi connectivity index (χ4n) is 2.80. The van der Waals surface area contributed by atoms with Crippen LogP contribution >= 0.6 is 0 Å². The van der Waals surface area contributed by atoms with Crippen molar-refractivity contribution in [3.63, 3.8) is 0 Å². The van der Waals surface area contributed by atoms with Crippen LogP contribution in [0.25, 0.3) is 0 Å². The fourth-order valence-corrected chi connectivity index (χ4v) is 3.92. The van der Waals surface area contributed by atoms with Crippen LogP contribution in [0.3, 0.4) is 0 Å². The molecule has 0 aliphatic heterocycles. The Labute approximate surface area is 143 Å². The summed E-state index contributed by atoms with van der Waals surface area (Å²) >= 11 is 0. The average Bonchev–Trinajstić information content (AvgIpc) is 3.35. The van der Waals surface area contributed by atoms with E-state index in [1.807, 2.05) is 32.0 Å². The smallest absolute Gasteiger partial charge is 0.240 e. The second-order valence-corrected chi connectivity index (χ2v) is 8.38. The Bertz CT molecular complexity index is 779. The van der Waals surface area contributed by atoms with Gasteiger partial charge >= 0.3 is 0 Å². The molecule has 3 rings (SSSR count). The van der Waals surface area contributed by atoms with Gasteiger partial charge in [0.25, 0.3) is 0 Å². The highest BCUT2D eigenvalue weighted by atomic mass is 32.2. The van der Waals surface area contributed by atoms with Gasteiger partial charge in [-0.15, -0.1) is 0 Å². The van der Waals surface area contributed by atoms with Crippen LogP contribution in [0.2, 0.25) is 0 Å². The van der Waals surface area contributed by atoms with E-state index in [9.17, 15) is 8.42 Å². The molecule has 2 aromatic rings. The van der Waals surface area contributed by atoms with Crippen LogP contribution in [0.15, 0.2) is 59.5 Å². The molecule has 0 aromatic heterocycles. The maximum absolute atomic E-state index is 12.5. The van der Waals surface area contributed by atoms with E-state index < -0.39 is 10.0 Å². The molecule has 0 spiro atoms. The number of hydrogen-bond donors (Lipinski definition) is 1. The topological polar surface area (TPSA) is 55.4 Å². The molecular formula is C19H23NO3S. The van der Waals surface area contributed by atoms with Crippen molar-refractivity contribution in [3.8, 4) is 5.75 Å². The highest BCUT2D eigenvalue weighted by molar-refractivity contribution is 7.89. The minimum Gasteiger partial charge on any atom is -0.491 e. The first-order chi connectivity index (χ1) is 11.4. The Morgan fingerprint density at radius 3 is 2.21 bits per heavy atom. The van der Waals surface area contributed by atoms with Gasteiger partial charge in [-0.05, 0) is 56.5 Å². The van der Waals surface area contributed by atoms with Crippen LogP contribution in [0.1, 0.15) is 32.3 Å². The third-order valence-electron chi connectivity index (χ3n) is 4.35. The first-order valence-electron chi connectivity index (χ1n) is 8.23. The van der Waals surface area contributed by atoms with Gasteiger partial charge in [0.05, 0.1) is 11.0 Å². The number of hydrogen-bond acceptors (Lipinski definition) is 3. The predicted molar refractivity (Wildman–Crippen MR) is 94.7 cm³/mol. The van der Waals surface area contributed by atoms with Crippen LogP contribution in [-0.2, 0) is 15.4 Å². The van der Waals surface area contributed by atoms with E-state index in [4.69, 9.17) is 4.74 Å². The molecule has 0 bridgehead atoms. The molecule has 4 nitrogen and oxygen atoms in total. The monoisotopic (exact) mass is 345 g/mol. The first-order valence-corrected chi connectivity index (χ1v) is 9.72. The van der Waals surface area contributed by atoms with Crippen LogP contribution in [0.5, 0.6) is 5.75 Å². The van der Waals surface area contributed by atoms with E-state index in [1.165, 1.54) is 5.56 Å². The molecule has 0 atom stereocenters. The van der Waals surface area contributed by atoms with E-state index in [0.717, 1.165) is 12.8 Å². The standard InChI is InChI=1S/C19H23NO3S/c1-15(2)23-17-8-10-18(11-9-17)24(21,22)20-14-19(12-13-19)16-6-4-3-5-7-16/h3-11,15,20H,12-14H2,1-2H3. The lowest BCUT2D eigenvalue weighted by molar-refractivity contribution is 0.242. The summed E-state index contributed by atoms with van der Waals surface area (Å²) in [6.07, 6.45) is 2.09. The molecule has 0 unspecified atom stereocenters. The van der Waals surface area contributed by atoms with E-state index >= 15 is 0 Å². The number of nitrogens with one attached hydrogen (secondary N) is 1. The van der Waals surface area contributed by atoms with Crippen molar-refractivity contribution >= 4 is 10.0 Å². The van der Waals surface area contributed by atoms with Crippen molar-refractivity contribution in [1.29, 1.82) is 0 Å². The molecule has 5 heteroatoms. The average molecular weight is 345 g/mol. The molecule has 24 heavy (non-hydrogen) atoms. The van der Waals surface area contributed by atoms with Crippen molar-refractivity contribution in [2.24, 2.45) is 0 Å². The molecular weight excluding hydrogens is 322 g/mol. The lowest BCUT2D eigenvalue weighted by atomic mass is 9.96. The minimum absolute atomic E-state index is 0.0466. The molecule has 0 amide bonds. The quantitative estimate of drug-likeness (QED) is 0.836. The molecule has 1 fully saturated rings. The van der Waals surface area contributed by atoms with Gasteiger partial charge in [-0.3, -0.25) is 0 Å². The van der Waals surface area contributed by atoms with E-state index in [-0.39, 0.29) is 16.4 Å². The highest BCUT2D eigenvalue weighted by Gasteiger charge is 2.44. The number of rotatable bonds is 7. The van der Waals surface area contributed by atoms with Crippen LogP contribution in [0.4, 0.5) is 0 Å². The summed E-state index contributed by atoms with van der Waals surface area (Å²) in [7, 11) is -3.51. The van der Waals surface area contributed by atoms with Crippen LogP contribution in [-0.4, -0.2) is 21.1 Å². The lowest BCUT2D eigenvalue weighted by Gasteiger charge is -2.17. The zero-order valence-corrected chi connectivity index (χ0v) is 14.8. The molecule has 1 aliphatic carbocycles. The summed E-state index contributed by atoms with van der Waals surface area (Å²) in [5.41, 5.74) is 1.16. The van der Waals surface area contributed by atoms with Crippen molar-refractivity contribution in [2.45, 2.75) is 43.1 Å². The number of sulfonamides is 1. The fraction of sp³-hybridized carbons (Fsp3) is 0.368. The summed E-state index contributed by atoms with van der Waals surface area (Å²) in [5, 5.41) is 0. The van der Waals surface area contributed by atoms with Gasteiger partial charge in [-0.25, -0.2) is 13.1 Å². The zero-order chi connectivity index (χ0) is 17.2. The van der Waals surface area contributed by atoms with Gasteiger partial charge in [0, 0.05) is 12.0 Å². The molecule has 0 heterocycles. The Morgan fingerprint density at radius 2 is 1.67 bits per heavy atom. The molecule has 1 saturated carbocycles. The van der Waals surface area contributed by atoms with Gasteiger partial charge < -0.3 is 4.74 Å². The molecule has 128 valence electrons. The van der Waals surface area contributed by atoms with Gasteiger partial charge in [0.15, 0.2) is 0 Å². The molecule has 2 aromatic carbocycles. The SMILES string of the molecule is CC(C)Oc1ccc(S(=O)(=O)NCC2(c3ccccc3)CC2)cc1. The molecule has 0 radical (unpaired) electrons. The summed E-state index contributed by atoms with van der Waals surface area (Å²) in [5.74, 6) is 0.673. The summed E-state index contributed by atoms with van der Waals surface area (Å²) in [6, 6.07) is 16.7. The third kappa shape index (κ3) is 3.79. The Morgan fingerprint density at radius 1 is 1.04 bits per heavy atom. The van der Waals surface area contributed by atoms with Gasteiger partial charge in [-0.2, -0.15) is 0 Å². The van der Waals surface area contributed by atoms with Gasteiger partial charge in [0.1, 0.15) is 5.75 Å². The maximum Gasteiger partial charge on any atom is 0.240 e. The zero-order valence-electron chi connectivity index (χ0n) is 14.0. The normalized spacial score (nSPS) is 16.1. The summed E-state index contributed by atoms with van der Waals surface area (Å²) in [4.78, 5) is 0.266. The Hall–Kier alpha value is -1.85. The molecule has 1 aliphatic rings. The van der Waals surface area contributed by atoms with E-state index in [1.54, 1.807) is 24.3 Å². The minimum atomic E-state index is -3.51. The van der Waals surface area contributed by atoms with Crippen molar-refractivity contribution in [3.05, 3.63) is 60.2 Å². The molecule has 1 N–H and O–H groups in total. The third-order valence-corrected chi connectivity index (χ3v) is 5.76. The maximum atomic E-state index is 12.5. The largest absolute Gasteiger partial charge is 0.491 e. The van der Waals surface area contributed by atoms with Crippen molar-refractivity contribution in [2.75, 3.05) is 6.54 Å². The number of benzene rings is 2. The van der Waals surface area contributed by atoms with Crippen LogP contribution in [0, 0.1) is 0 Å². The molecule has 0 saturated heterocycles. The lowest BCUT2D eigenvalue weighted by Crippen LogP contribution is -2.32. The highest BCUT2D eigenvalue weighted by Crippen LogP contribution is 2.47. The predicted octanol–water partition coefficient (Wildman–Crippen LogP) is 3.48. The van der Waals surface area contributed by atoms with Gasteiger partial charge in [0.2, 0.25) is 10.0 Å². The number of ether oxygens (including phenoxy) is 1. The second kappa shape index (κ2) is 6.57. The summed E-state index contributed by atoms with van der Waals surface area (Å²) < 4.78 is 33.4. The summed E-state index contributed by atoms with van der Waals surface area (Å²) in [6.45, 7) is 4.30. The second-order valence-electron chi connectivity index (χ2n) is 6.61. The van der Waals surface area contributed by atoms with E-state index in [2.05, 4.69) is 16.9 Å².